The molecule has 7 heteroatoms. The van der Waals surface area contributed by atoms with Crippen LogP contribution in [0, 0.1) is 39.9 Å². The molecule has 1 aliphatic carbocycles. The van der Waals surface area contributed by atoms with Crippen molar-refractivity contribution in [3.8, 4) is 29.4 Å². The molecule has 0 aromatic heterocycles. The first-order chi connectivity index (χ1) is 16.3. The van der Waals surface area contributed by atoms with E-state index in [4.69, 9.17) is 14.2 Å². The first-order valence-electron chi connectivity index (χ1n) is 11.0. The SMILES string of the molecule is CCOCCOC(=O)C#C[C@H]1C(C)(C)[C@]1(C(=O)O)[C@@H](C#N)c1cccc(Oc2ccccc2)c1. The van der Waals surface area contributed by atoms with Gasteiger partial charge in [-0.15, -0.1) is 0 Å². The third-order valence-corrected chi connectivity index (χ3v) is 6.25. The number of nitriles is 1. The van der Waals surface area contributed by atoms with E-state index in [1.807, 2.05) is 25.1 Å². The van der Waals surface area contributed by atoms with Gasteiger partial charge in [0.15, 0.2) is 0 Å². The zero-order valence-electron chi connectivity index (χ0n) is 19.4. The second kappa shape index (κ2) is 10.4. The predicted molar refractivity (Wildman–Crippen MR) is 124 cm³/mol. The van der Waals surface area contributed by atoms with Crippen molar-refractivity contribution in [2.24, 2.45) is 16.7 Å². The van der Waals surface area contributed by atoms with E-state index in [0.29, 0.717) is 23.7 Å². The first kappa shape index (κ1) is 24.8. The van der Waals surface area contributed by atoms with E-state index in [0.717, 1.165) is 0 Å². The van der Waals surface area contributed by atoms with Crippen molar-refractivity contribution < 1.29 is 28.9 Å². The quantitative estimate of drug-likeness (QED) is 0.255. The van der Waals surface area contributed by atoms with Crippen LogP contribution in [0.3, 0.4) is 0 Å². The fourth-order valence-corrected chi connectivity index (χ4v) is 4.48. The lowest BCUT2D eigenvalue weighted by Crippen LogP contribution is -2.28. The second-order valence-corrected chi connectivity index (χ2v) is 8.48. The first-order valence-corrected chi connectivity index (χ1v) is 11.0. The summed E-state index contributed by atoms with van der Waals surface area (Å²) in [5.74, 6) is 2.66. The Morgan fingerprint density at radius 2 is 1.79 bits per heavy atom. The molecule has 0 unspecified atom stereocenters. The molecule has 1 saturated carbocycles. The molecule has 3 rings (SSSR count). The molecule has 7 nitrogen and oxygen atoms in total. The van der Waals surface area contributed by atoms with Gasteiger partial charge in [0.05, 0.1) is 18.6 Å². The van der Waals surface area contributed by atoms with Gasteiger partial charge in [-0.05, 0) is 42.2 Å². The number of para-hydroxylation sites is 1. The zero-order valence-corrected chi connectivity index (χ0v) is 19.4. The smallest absolute Gasteiger partial charge is 0.384 e. The van der Waals surface area contributed by atoms with Crippen molar-refractivity contribution in [3.05, 3.63) is 60.2 Å². The Morgan fingerprint density at radius 1 is 1.09 bits per heavy atom. The molecule has 1 aliphatic rings. The van der Waals surface area contributed by atoms with Crippen molar-refractivity contribution in [2.45, 2.75) is 26.7 Å². The van der Waals surface area contributed by atoms with Gasteiger partial charge in [-0.25, -0.2) is 4.79 Å². The molecule has 0 aliphatic heterocycles. The molecule has 2 aromatic rings. The van der Waals surface area contributed by atoms with Gasteiger partial charge in [0.1, 0.15) is 23.5 Å². The molecule has 0 bridgehead atoms. The molecule has 176 valence electrons. The fourth-order valence-electron chi connectivity index (χ4n) is 4.48. The summed E-state index contributed by atoms with van der Waals surface area (Å²) in [7, 11) is 0. The van der Waals surface area contributed by atoms with E-state index in [1.54, 1.807) is 50.2 Å². The van der Waals surface area contributed by atoms with Gasteiger partial charge in [-0.1, -0.05) is 50.1 Å². The maximum absolute atomic E-state index is 12.6. The summed E-state index contributed by atoms with van der Waals surface area (Å²) >= 11 is 0. The molecule has 0 saturated heterocycles. The average Bonchev–Trinajstić information content (AvgIpc) is 3.32. The molecule has 1 N–H and O–H groups in total. The van der Waals surface area contributed by atoms with Gasteiger partial charge >= 0.3 is 11.9 Å². The fraction of sp³-hybridized carbons (Fsp3) is 0.370. The van der Waals surface area contributed by atoms with Crippen LogP contribution in [-0.2, 0) is 19.1 Å². The number of rotatable bonds is 9. The van der Waals surface area contributed by atoms with Crippen LogP contribution < -0.4 is 4.74 Å². The maximum Gasteiger partial charge on any atom is 0.384 e. The summed E-state index contributed by atoms with van der Waals surface area (Å²) in [5, 5.41) is 20.3. The summed E-state index contributed by atoms with van der Waals surface area (Å²) in [5.41, 5.74) is -1.84. The summed E-state index contributed by atoms with van der Waals surface area (Å²) < 4.78 is 16.0. The highest BCUT2D eigenvalue weighted by Crippen LogP contribution is 2.74. The number of esters is 1. The Morgan fingerprint density at radius 3 is 2.44 bits per heavy atom. The summed E-state index contributed by atoms with van der Waals surface area (Å²) in [6.07, 6.45) is 0. The number of hydrogen-bond acceptors (Lipinski definition) is 6. The highest BCUT2D eigenvalue weighted by molar-refractivity contribution is 5.90. The third kappa shape index (κ3) is 4.76. The lowest BCUT2D eigenvalue weighted by molar-refractivity contribution is -0.145. The van der Waals surface area contributed by atoms with Crippen molar-refractivity contribution in [3.63, 3.8) is 0 Å². The van der Waals surface area contributed by atoms with Gasteiger partial charge in [-0.3, -0.25) is 4.79 Å². The van der Waals surface area contributed by atoms with Gasteiger partial charge < -0.3 is 19.3 Å². The van der Waals surface area contributed by atoms with Crippen molar-refractivity contribution >= 4 is 11.9 Å². The Balaban J connectivity index is 1.87. The minimum atomic E-state index is -1.49. The highest BCUT2D eigenvalue weighted by atomic mass is 16.6. The highest BCUT2D eigenvalue weighted by Gasteiger charge is 2.79. The predicted octanol–water partition coefficient (Wildman–Crippen LogP) is 4.40. The van der Waals surface area contributed by atoms with Crippen molar-refractivity contribution in [2.75, 3.05) is 19.8 Å². The lowest BCUT2D eigenvalue weighted by atomic mass is 9.78. The Bertz CT molecular complexity index is 1140. The Kier molecular flexibility index (Phi) is 7.61. The second-order valence-electron chi connectivity index (χ2n) is 8.48. The van der Waals surface area contributed by atoms with Gasteiger partial charge in [-0.2, -0.15) is 5.26 Å². The van der Waals surface area contributed by atoms with E-state index in [-0.39, 0.29) is 13.2 Å². The van der Waals surface area contributed by atoms with Crippen molar-refractivity contribution in [1.29, 1.82) is 5.26 Å². The van der Waals surface area contributed by atoms with E-state index < -0.39 is 34.6 Å². The Labute approximate surface area is 199 Å². The molecule has 0 heterocycles. The van der Waals surface area contributed by atoms with E-state index in [9.17, 15) is 20.0 Å². The largest absolute Gasteiger partial charge is 0.481 e. The van der Waals surface area contributed by atoms with E-state index in [1.165, 1.54) is 0 Å². The van der Waals surface area contributed by atoms with Crippen LogP contribution in [0.15, 0.2) is 54.6 Å². The average molecular weight is 462 g/mol. The minimum Gasteiger partial charge on any atom is -0.481 e. The number of carbonyl (C=O) groups is 2. The number of carbonyl (C=O) groups excluding carboxylic acids is 1. The van der Waals surface area contributed by atoms with Gasteiger partial charge in [0, 0.05) is 18.4 Å². The van der Waals surface area contributed by atoms with Crippen LogP contribution in [-0.4, -0.2) is 36.9 Å². The number of aliphatic carboxylic acids is 1. The molecule has 0 spiro atoms. The van der Waals surface area contributed by atoms with Crippen LogP contribution in [0.4, 0.5) is 0 Å². The molecule has 1 fully saturated rings. The van der Waals surface area contributed by atoms with Gasteiger partial charge in [0.25, 0.3) is 0 Å². The minimum absolute atomic E-state index is 0.0640. The number of nitrogens with zero attached hydrogens (tertiary/aromatic N) is 1. The third-order valence-electron chi connectivity index (χ3n) is 6.25. The van der Waals surface area contributed by atoms with Crippen molar-refractivity contribution in [1.82, 2.24) is 0 Å². The van der Waals surface area contributed by atoms with Crippen LogP contribution in [0.25, 0.3) is 0 Å². The molecule has 0 amide bonds. The summed E-state index contributed by atoms with van der Waals surface area (Å²) in [6.45, 7) is 6.15. The zero-order chi connectivity index (χ0) is 24.8. The number of carboxylic acid groups (broad SMARTS) is 1. The monoisotopic (exact) mass is 461 g/mol. The van der Waals surface area contributed by atoms with Crippen LogP contribution in [0.1, 0.15) is 32.3 Å². The standard InChI is InChI=1S/C27H27NO6/c1-4-32-15-16-33-24(29)14-13-23-26(2,3)27(23,25(30)31)22(18-28)19-9-8-12-21(17-19)34-20-10-6-5-7-11-20/h5-12,17,22-23H,4,15-16H2,1-3H3,(H,30,31)/t22-,23-,27+/m0/s1. The normalized spacial score (nSPS) is 20.7. The molecular formula is C27H27NO6. The Hall–Kier alpha value is -3.81. The molecule has 2 aromatic carbocycles. The lowest BCUT2D eigenvalue weighted by Gasteiger charge is -2.22. The van der Waals surface area contributed by atoms with Gasteiger partial charge in [0.2, 0.25) is 0 Å². The molecular weight excluding hydrogens is 434 g/mol. The summed E-state index contributed by atoms with van der Waals surface area (Å²) in [6, 6.07) is 18.2. The number of ether oxygens (including phenoxy) is 3. The molecule has 34 heavy (non-hydrogen) atoms. The van der Waals surface area contributed by atoms with Crippen LogP contribution in [0.2, 0.25) is 0 Å². The topological polar surface area (TPSA) is 106 Å². The number of benzene rings is 2. The molecule has 0 radical (unpaired) electrons. The maximum atomic E-state index is 12.6. The van der Waals surface area contributed by atoms with E-state index in [2.05, 4.69) is 17.9 Å². The number of carboxylic acids is 1. The number of hydrogen-bond donors (Lipinski definition) is 1. The van der Waals surface area contributed by atoms with Crippen LogP contribution >= 0.6 is 0 Å². The summed E-state index contributed by atoms with van der Waals surface area (Å²) in [4.78, 5) is 24.5. The van der Waals surface area contributed by atoms with Crippen LogP contribution in [0.5, 0.6) is 11.5 Å². The molecule has 3 atom stereocenters. The van der Waals surface area contributed by atoms with E-state index >= 15 is 0 Å².